The fourth-order valence-corrected chi connectivity index (χ4v) is 2.10. The Balaban J connectivity index is 3.63. The summed E-state index contributed by atoms with van der Waals surface area (Å²) in [6.45, 7) is 1.49. The molecule has 3 unspecified atom stereocenters. The van der Waals surface area contributed by atoms with Crippen molar-refractivity contribution < 1.29 is 18.9 Å². The van der Waals surface area contributed by atoms with Crippen LogP contribution in [0.15, 0.2) is 0 Å². The van der Waals surface area contributed by atoms with Crippen molar-refractivity contribution in [3.63, 3.8) is 0 Å². The number of hydrogen-bond acceptors (Lipinski definition) is 2. The summed E-state index contributed by atoms with van der Waals surface area (Å²) in [5, 5.41) is 0. The van der Waals surface area contributed by atoms with Crippen LogP contribution in [0.4, 0.5) is 0 Å². The molecule has 2 N–H and O–H groups in total. The summed E-state index contributed by atoms with van der Waals surface area (Å²) in [4.78, 5) is 16.7. The molecule has 0 aliphatic rings. The Morgan fingerprint density at radius 2 is 1.89 bits per heavy atom. The van der Waals surface area contributed by atoms with Crippen molar-refractivity contribution in [2.75, 3.05) is 6.16 Å². The van der Waals surface area contributed by atoms with Crippen LogP contribution in [0.3, 0.4) is 0 Å². The lowest BCUT2D eigenvalue weighted by Crippen LogP contribution is -1.97. The van der Waals surface area contributed by atoms with Crippen LogP contribution in [0, 0.1) is 0 Å². The van der Waals surface area contributed by atoms with Crippen LogP contribution in [-0.2, 0) is 9.13 Å². The third kappa shape index (κ3) is 4.86. The first-order valence-corrected chi connectivity index (χ1v) is 5.48. The van der Waals surface area contributed by atoms with Crippen molar-refractivity contribution in [1.82, 2.24) is 0 Å². The molecule has 9 heavy (non-hydrogen) atoms. The second-order valence-corrected chi connectivity index (χ2v) is 4.69. The van der Waals surface area contributed by atoms with Crippen molar-refractivity contribution in [3.05, 3.63) is 0 Å². The Bertz CT molecular complexity index is 134. The lowest BCUT2D eigenvalue weighted by atomic mass is 10.6. The SMILES string of the molecule is CC(C[PH](=O)O)[PH](=O)O. The molecule has 0 aromatic heterocycles. The van der Waals surface area contributed by atoms with Crippen LogP contribution in [0.2, 0.25) is 0 Å². The van der Waals surface area contributed by atoms with Crippen LogP contribution >= 0.6 is 16.1 Å². The van der Waals surface area contributed by atoms with Crippen molar-refractivity contribution in [2.24, 2.45) is 0 Å². The van der Waals surface area contributed by atoms with Crippen molar-refractivity contribution >= 4 is 16.1 Å². The molecule has 0 spiro atoms. The molecule has 0 heterocycles. The van der Waals surface area contributed by atoms with E-state index in [1.807, 2.05) is 0 Å². The third-order valence-electron chi connectivity index (χ3n) is 0.902. The molecule has 0 fully saturated rings. The summed E-state index contributed by atoms with van der Waals surface area (Å²) >= 11 is 0. The summed E-state index contributed by atoms with van der Waals surface area (Å²) < 4.78 is 20.3. The predicted molar refractivity (Wildman–Crippen MR) is 36.8 cm³/mol. The summed E-state index contributed by atoms with van der Waals surface area (Å²) in [5.74, 6) is 0. The highest BCUT2D eigenvalue weighted by Crippen LogP contribution is 2.28. The van der Waals surface area contributed by atoms with E-state index in [1.165, 1.54) is 6.92 Å². The average molecular weight is 172 g/mol. The third-order valence-corrected chi connectivity index (χ3v) is 3.32. The highest BCUT2D eigenvalue weighted by atomic mass is 31.1. The molecule has 0 saturated heterocycles. The second kappa shape index (κ2) is 4.24. The maximum atomic E-state index is 10.2. The van der Waals surface area contributed by atoms with Gasteiger partial charge in [-0.05, 0) is 0 Å². The molecule has 6 heteroatoms. The summed E-state index contributed by atoms with van der Waals surface area (Å²) in [5.41, 5.74) is -0.522. The van der Waals surface area contributed by atoms with E-state index in [2.05, 4.69) is 0 Å². The van der Waals surface area contributed by atoms with Gasteiger partial charge in [0, 0.05) is 11.8 Å². The fraction of sp³-hybridized carbons (Fsp3) is 1.00. The van der Waals surface area contributed by atoms with E-state index in [9.17, 15) is 9.13 Å². The standard InChI is InChI=1S/C3H10O4P2/c1-3(9(6)7)2-8(4)5/h3,8-9H,2H2,1H3,(H,4,5)(H,6,7). The highest BCUT2D eigenvalue weighted by Gasteiger charge is 2.09. The van der Waals surface area contributed by atoms with Gasteiger partial charge in [0.1, 0.15) is 0 Å². The van der Waals surface area contributed by atoms with Crippen LogP contribution in [-0.4, -0.2) is 21.6 Å². The molecule has 0 rings (SSSR count). The first-order valence-electron chi connectivity index (χ1n) is 2.48. The molecular weight excluding hydrogens is 162 g/mol. The number of hydrogen-bond donors (Lipinski definition) is 2. The van der Waals surface area contributed by atoms with Crippen molar-refractivity contribution in [1.29, 1.82) is 0 Å². The van der Waals surface area contributed by atoms with E-state index in [1.54, 1.807) is 0 Å². The Kier molecular flexibility index (Phi) is 4.41. The van der Waals surface area contributed by atoms with E-state index in [0.717, 1.165) is 0 Å². The first-order chi connectivity index (χ1) is 4.04. The highest BCUT2D eigenvalue weighted by molar-refractivity contribution is 7.43. The molecule has 3 atom stereocenters. The maximum Gasteiger partial charge on any atom is 0.192 e. The molecule has 0 radical (unpaired) electrons. The van der Waals surface area contributed by atoms with E-state index >= 15 is 0 Å². The maximum absolute atomic E-state index is 10.2. The topological polar surface area (TPSA) is 74.6 Å². The zero-order valence-electron chi connectivity index (χ0n) is 5.00. The molecule has 56 valence electrons. The van der Waals surface area contributed by atoms with Gasteiger partial charge in [0.05, 0.1) is 0 Å². The minimum Gasteiger partial charge on any atom is -0.346 e. The normalized spacial score (nSPS) is 20.8. The first kappa shape index (κ1) is 9.38. The average Bonchev–Trinajstić information content (AvgIpc) is 1.63. The zero-order valence-corrected chi connectivity index (χ0v) is 7.00. The van der Waals surface area contributed by atoms with Crippen LogP contribution < -0.4 is 0 Å². The Hall–Kier alpha value is 0.380. The molecule has 0 bridgehead atoms. The molecule has 0 aromatic rings. The van der Waals surface area contributed by atoms with Gasteiger partial charge in [0.15, 0.2) is 16.1 Å². The zero-order chi connectivity index (χ0) is 7.44. The van der Waals surface area contributed by atoms with Crippen LogP contribution in [0.25, 0.3) is 0 Å². The van der Waals surface area contributed by atoms with Gasteiger partial charge in [-0.3, -0.25) is 9.13 Å². The summed E-state index contributed by atoms with van der Waals surface area (Å²) in [6.07, 6.45) is -0.0427. The van der Waals surface area contributed by atoms with Gasteiger partial charge in [-0.1, -0.05) is 6.92 Å². The Labute approximate surface area is 54.6 Å². The van der Waals surface area contributed by atoms with Gasteiger partial charge in [-0.2, -0.15) is 0 Å². The monoisotopic (exact) mass is 172 g/mol. The van der Waals surface area contributed by atoms with Crippen LogP contribution in [0.5, 0.6) is 0 Å². The predicted octanol–water partition coefficient (Wildman–Crippen LogP) is 0.309. The number of rotatable bonds is 3. The fourth-order valence-electron chi connectivity index (χ4n) is 0.349. The van der Waals surface area contributed by atoms with Gasteiger partial charge < -0.3 is 9.79 Å². The van der Waals surface area contributed by atoms with Gasteiger partial charge in [-0.15, -0.1) is 0 Å². The van der Waals surface area contributed by atoms with Crippen LogP contribution in [0.1, 0.15) is 6.92 Å². The second-order valence-electron chi connectivity index (χ2n) is 1.84. The molecule has 0 amide bonds. The van der Waals surface area contributed by atoms with Gasteiger partial charge >= 0.3 is 0 Å². The van der Waals surface area contributed by atoms with Gasteiger partial charge in [0.2, 0.25) is 0 Å². The van der Waals surface area contributed by atoms with E-state index < -0.39 is 21.7 Å². The smallest absolute Gasteiger partial charge is 0.192 e. The quantitative estimate of drug-likeness (QED) is 0.600. The summed E-state index contributed by atoms with van der Waals surface area (Å²) in [6, 6.07) is 0. The van der Waals surface area contributed by atoms with Gasteiger partial charge in [0.25, 0.3) is 0 Å². The molecule has 4 nitrogen and oxygen atoms in total. The van der Waals surface area contributed by atoms with E-state index in [4.69, 9.17) is 9.79 Å². The Morgan fingerprint density at radius 1 is 1.44 bits per heavy atom. The van der Waals surface area contributed by atoms with Crippen molar-refractivity contribution in [3.8, 4) is 0 Å². The summed E-state index contributed by atoms with van der Waals surface area (Å²) in [7, 11) is -5.15. The van der Waals surface area contributed by atoms with Gasteiger partial charge in [-0.25, -0.2) is 0 Å². The lowest BCUT2D eigenvalue weighted by Gasteiger charge is -2.01. The largest absolute Gasteiger partial charge is 0.346 e. The molecule has 0 aliphatic carbocycles. The Morgan fingerprint density at radius 3 is 2.00 bits per heavy atom. The molecule has 0 aromatic carbocycles. The van der Waals surface area contributed by atoms with E-state index in [0.29, 0.717) is 0 Å². The minimum absolute atomic E-state index is 0.0427. The van der Waals surface area contributed by atoms with Crippen molar-refractivity contribution in [2.45, 2.75) is 12.6 Å². The minimum atomic E-state index is -2.59. The molecule has 0 saturated carbocycles. The lowest BCUT2D eigenvalue weighted by molar-refractivity contribution is 0.484. The van der Waals surface area contributed by atoms with E-state index in [-0.39, 0.29) is 6.16 Å². The molecule has 0 aliphatic heterocycles. The molecular formula is C3H10O4P2.